The lowest BCUT2D eigenvalue weighted by Gasteiger charge is -2.29. The number of rotatable bonds is 6. The van der Waals surface area contributed by atoms with Crippen LogP contribution >= 0.6 is 0 Å². The van der Waals surface area contributed by atoms with Crippen molar-refractivity contribution in [3.8, 4) is 11.1 Å². The summed E-state index contributed by atoms with van der Waals surface area (Å²) >= 11 is 0. The maximum Gasteiger partial charge on any atom is 0.255 e. The predicted molar refractivity (Wildman–Crippen MR) is 125 cm³/mol. The Kier molecular flexibility index (Phi) is 6.39. The summed E-state index contributed by atoms with van der Waals surface area (Å²) in [4.78, 5) is 29.1. The van der Waals surface area contributed by atoms with Gasteiger partial charge in [0.2, 0.25) is 5.91 Å². The van der Waals surface area contributed by atoms with E-state index in [-0.39, 0.29) is 29.9 Å². The summed E-state index contributed by atoms with van der Waals surface area (Å²) in [7, 11) is 0. The molecule has 32 heavy (non-hydrogen) atoms. The largest absolute Gasteiger partial charge is 0.382 e. The van der Waals surface area contributed by atoms with Crippen molar-refractivity contribution in [2.45, 2.75) is 64.6 Å². The number of fused-ring (bicyclic) bond motifs is 1. The number of H-pyrrole nitrogens is 1. The van der Waals surface area contributed by atoms with Crippen LogP contribution in [0.15, 0.2) is 36.8 Å². The monoisotopic (exact) mass is 434 g/mol. The SMILES string of the molecule is CC(=O)N[C@H]1CC[C@H](NC(=O)c2cnc3ccc(-c4cn[nH]c4)cc3c2NC(C)C)CC1. The molecule has 1 fully saturated rings. The molecular weight excluding hydrogens is 404 g/mol. The average molecular weight is 435 g/mol. The Labute approximate surface area is 187 Å². The summed E-state index contributed by atoms with van der Waals surface area (Å²) in [6.45, 7) is 5.65. The molecule has 4 N–H and O–H groups in total. The van der Waals surface area contributed by atoms with E-state index >= 15 is 0 Å². The molecule has 2 heterocycles. The number of aromatic nitrogens is 3. The zero-order valence-corrected chi connectivity index (χ0v) is 18.7. The number of benzene rings is 1. The van der Waals surface area contributed by atoms with Gasteiger partial charge >= 0.3 is 0 Å². The number of carbonyl (C=O) groups is 2. The first kappa shape index (κ1) is 21.8. The van der Waals surface area contributed by atoms with Crippen molar-refractivity contribution < 1.29 is 9.59 Å². The Balaban J connectivity index is 1.59. The highest BCUT2D eigenvalue weighted by Gasteiger charge is 2.25. The van der Waals surface area contributed by atoms with Crippen molar-refractivity contribution in [3.63, 3.8) is 0 Å². The molecule has 0 saturated heterocycles. The number of aromatic amines is 1. The molecule has 168 valence electrons. The molecule has 4 rings (SSSR count). The molecule has 1 aliphatic carbocycles. The summed E-state index contributed by atoms with van der Waals surface area (Å²) in [5.74, 6) is -0.127. The van der Waals surface area contributed by atoms with Gasteiger partial charge in [0.25, 0.3) is 5.91 Å². The van der Waals surface area contributed by atoms with Crippen LogP contribution in [0.25, 0.3) is 22.0 Å². The van der Waals surface area contributed by atoms with E-state index in [9.17, 15) is 9.59 Å². The third-order valence-electron chi connectivity index (χ3n) is 5.85. The summed E-state index contributed by atoms with van der Waals surface area (Å²) in [5.41, 5.74) is 4.15. The number of amides is 2. The highest BCUT2D eigenvalue weighted by molar-refractivity contribution is 6.08. The van der Waals surface area contributed by atoms with Crippen molar-refractivity contribution in [2.75, 3.05) is 5.32 Å². The summed E-state index contributed by atoms with van der Waals surface area (Å²) < 4.78 is 0. The van der Waals surface area contributed by atoms with Crippen LogP contribution in [0.2, 0.25) is 0 Å². The van der Waals surface area contributed by atoms with Gasteiger partial charge in [0.15, 0.2) is 0 Å². The molecular formula is C24H30N6O2. The fourth-order valence-corrected chi connectivity index (χ4v) is 4.33. The Morgan fingerprint density at radius 3 is 2.38 bits per heavy atom. The van der Waals surface area contributed by atoms with Gasteiger partial charge in [-0.05, 0) is 57.2 Å². The zero-order valence-electron chi connectivity index (χ0n) is 18.7. The number of anilines is 1. The lowest BCUT2D eigenvalue weighted by Crippen LogP contribution is -2.43. The van der Waals surface area contributed by atoms with Crippen molar-refractivity contribution in [1.82, 2.24) is 25.8 Å². The molecule has 3 aromatic rings. The molecule has 0 unspecified atom stereocenters. The minimum absolute atomic E-state index is 0.00100. The molecule has 2 amide bonds. The minimum Gasteiger partial charge on any atom is -0.382 e. The second-order valence-electron chi connectivity index (χ2n) is 8.79. The third-order valence-corrected chi connectivity index (χ3v) is 5.85. The zero-order chi connectivity index (χ0) is 22.7. The van der Waals surface area contributed by atoms with Crippen LogP contribution in [-0.2, 0) is 4.79 Å². The van der Waals surface area contributed by atoms with Crippen LogP contribution in [0.1, 0.15) is 56.8 Å². The quantitative estimate of drug-likeness (QED) is 0.473. The summed E-state index contributed by atoms with van der Waals surface area (Å²) in [6.07, 6.45) is 8.70. The molecule has 1 saturated carbocycles. The maximum absolute atomic E-state index is 13.3. The fraction of sp³-hybridized carbons (Fsp3) is 0.417. The van der Waals surface area contributed by atoms with E-state index in [1.165, 1.54) is 0 Å². The van der Waals surface area contributed by atoms with E-state index in [4.69, 9.17) is 0 Å². The molecule has 1 aliphatic rings. The Morgan fingerprint density at radius 1 is 1.03 bits per heavy atom. The third kappa shape index (κ3) is 4.90. The number of hydrogen-bond donors (Lipinski definition) is 4. The Hall–Kier alpha value is -3.42. The van der Waals surface area contributed by atoms with E-state index in [0.29, 0.717) is 5.56 Å². The van der Waals surface area contributed by atoms with E-state index in [2.05, 4.69) is 45.0 Å². The number of nitrogens with one attached hydrogen (secondary N) is 4. The molecule has 2 aromatic heterocycles. The number of carbonyl (C=O) groups excluding carboxylic acids is 2. The van der Waals surface area contributed by atoms with Crippen molar-refractivity contribution >= 4 is 28.4 Å². The van der Waals surface area contributed by atoms with Crippen molar-refractivity contribution in [1.29, 1.82) is 0 Å². The number of nitrogens with zero attached hydrogens (tertiary/aromatic N) is 2. The van der Waals surface area contributed by atoms with Crippen molar-refractivity contribution in [2.24, 2.45) is 0 Å². The van der Waals surface area contributed by atoms with Crippen molar-refractivity contribution in [3.05, 3.63) is 42.4 Å². The van der Waals surface area contributed by atoms with Crippen LogP contribution in [0.5, 0.6) is 0 Å². The van der Waals surface area contributed by atoms with Gasteiger partial charge in [-0.1, -0.05) is 6.07 Å². The molecule has 1 aromatic carbocycles. The van der Waals surface area contributed by atoms with Crippen LogP contribution in [0, 0.1) is 0 Å². The second kappa shape index (κ2) is 9.38. The first-order chi connectivity index (χ1) is 15.4. The fourth-order valence-electron chi connectivity index (χ4n) is 4.33. The maximum atomic E-state index is 13.3. The predicted octanol–water partition coefficient (Wildman–Crippen LogP) is 3.62. The standard InChI is InChI=1S/C24H30N6O2/c1-14(2)28-23-20-10-16(17-11-26-27-12-17)4-9-22(20)25-13-21(23)24(32)30-19-7-5-18(6-8-19)29-15(3)31/h4,9-14,18-19H,5-8H2,1-3H3,(H,25,28)(H,26,27)(H,29,31)(H,30,32)/t18-,19-. The van der Waals surface area contributed by atoms with Gasteiger partial charge in [-0.15, -0.1) is 0 Å². The Morgan fingerprint density at radius 2 is 1.75 bits per heavy atom. The molecule has 0 atom stereocenters. The van der Waals surface area contributed by atoms with E-state index in [0.717, 1.165) is 53.4 Å². The highest BCUT2D eigenvalue weighted by atomic mass is 16.2. The van der Waals surface area contributed by atoms with Gasteiger partial charge in [-0.25, -0.2) is 0 Å². The van der Waals surface area contributed by atoms with Crippen LogP contribution in [0.4, 0.5) is 5.69 Å². The van der Waals surface area contributed by atoms with E-state index < -0.39 is 0 Å². The Bertz CT molecular complexity index is 1100. The second-order valence-corrected chi connectivity index (χ2v) is 8.79. The summed E-state index contributed by atoms with van der Waals surface area (Å²) in [6, 6.07) is 6.46. The van der Waals surface area contributed by atoms with Gasteiger partial charge in [-0.2, -0.15) is 5.10 Å². The van der Waals surface area contributed by atoms with Crippen LogP contribution in [0.3, 0.4) is 0 Å². The van der Waals surface area contributed by atoms with Gasteiger partial charge in [0, 0.05) is 48.4 Å². The normalized spacial score (nSPS) is 18.5. The van der Waals surface area contributed by atoms with E-state index in [1.807, 2.05) is 24.4 Å². The lowest BCUT2D eigenvalue weighted by atomic mass is 9.91. The van der Waals surface area contributed by atoms with Crippen LogP contribution in [-0.4, -0.2) is 45.1 Å². The molecule has 0 bridgehead atoms. The molecule has 0 radical (unpaired) electrons. The van der Waals surface area contributed by atoms with Gasteiger partial charge in [0.1, 0.15) is 0 Å². The first-order valence-electron chi connectivity index (χ1n) is 11.2. The average Bonchev–Trinajstić information content (AvgIpc) is 3.29. The van der Waals surface area contributed by atoms with Gasteiger partial charge in [0.05, 0.1) is 23.0 Å². The van der Waals surface area contributed by atoms with Gasteiger partial charge < -0.3 is 16.0 Å². The molecule has 8 heteroatoms. The lowest BCUT2D eigenvalue weighted by molar-refractivity contribution is -0.119. The van der Waals surface area contributed by atoms with Crippen LogP contribution < -0.4 is 16.0 Å². The molecule has 0 aliphatic heterocycles. The van der Waals surface area contributed by atoms with Gasteiger partial charge in [-0.3, -0.25) is 19.7 Å². The number of hydrogen-bond acceptors (Lipinski definition) is 5. The number of pyridine rings is 1. The summed E-state index contributed by atoms with van der Waals surface area (Å²) in [5, 5.41) is 17.4. The topological polar surface area (TPSA) is 112 Å². The smallest absolute Gasteiger partial charge is 0.255 e. The molecule has 0 spiro atoms. The minimum atomic E-state index is -0.126. The first-order valence-corrected chi connectivity index (χ1v) is 11.2. The molecule has 8 nitrogen and oxygen atoms in total. The highest BCUT2D eigenvalue weighted by Crippen LogP contribution is 2.31. The van der Waals surface area contributed by atoms with E-state index in [1.54, 1.807) is 19.3 Å².